The van der Waals surface area contributed by atoms with Gasteiger partial charge in [-0.15, -0.1) is 0 Å². The van der Waals surface area contributed by atoms with Crippen LogP contribution in [0, 0.1) is 28.6 Å². The third kappa shape index (κ3) is 4.28. The van der Waals surface area contributed by atoms with Gasteiger partial charge in [0.05, 0.1) is 0 Å². The van der Waals surface area contributed by atoms with E-state index in [1.165, 1.54) is 38.5 Å². The Bertz CT molecular complexity index is 683. The van der Waals surface area contributed by atoms with Crippen LogP contribution in [0.1, 0.15) is 71.3 Å². The second-order valence-corrected chi connectivity index (χ2v) is 9.08. The molecule has 4 heteroatoms. The molecule has 1 aromatic carbocycles. The van der Waals surface area contributed by atoms with Crippen molar-refractivity contribution in [3.05, 3.63) is 23.8 Å². The van der Waals surface area contributed by atoms with Crippen LogP contribution < -0.4 is 11.1 Å². The summed E-state index contributed by atoms with van der Waals surface area (Å²) in [5.41, 5.74) is 8.55. The minimum atomic E-state index is 0.0817. The van der Waals surface area contributed by atoms with Crippen molar-refractivity contribution in [3.8, 4) is 0 Å². The van der Waals surface area contributed by atoms with Gasteiger partial charge in [-0.05, 0) is 80.4 Å². The SMILES string of the molecule is CCC1CC2CC(C1)CC(C)(CC(=O)Nc1ccc(C(C)=N)c(N)c1)C2. The van der Waals surface area contributed by atoms with Crippen LogP contribution in [0.25, 0.3) is 0 Å². The third-order valence-electron chi connectivity index (χ3n) is 6.47. The van der Waals surface area contributed by atoms with Gasteiger partial charge in [-0.25, -0.2) is 0 Å². The van der Waals surface area contributed by atoms with Gasteiger partial charge < -0.3 is 16.5 Å². The molecule has 2 bridgehead atoms. The second-order valence-electron chi connectivity index (χ2n) is 9.08. The number of nitrogen functional groups attached to an aromatic ring is 1. The number of nitrogens with one attached hydrogen (secondary N) is 2. The summed E-state index contributed by atoms with van der Waals surface area (Å²) in [4.78, 5) is 12.7. The van der Waals surface area contributed by atoms with Crippen LogP contribution in [0.5, 0.6) is 0 Å². The molecule has 142 valence electrons. The zero-order valence-electron chi connectivity index (χ0n) is 16.4. The number of rotatable bonds is 5. The smallest absolute Gasteiger partial charge is 0.224 e. The standard InChI is InChI=1S/C22H33N3O/c1-4-15-7-16-9-17(8-15)12-22(3,11-16)13-21(26)25-18-5-6-19(14(2)23)20(24)10-18/h5-6,10,15-17,23H,4,7-9,11-13,24H2,1-3H3,(H,25,26). The summed E-state index contributed by atoms with van der Waals surface area (Å²) in [6.07, 6.45) is 8.33. The number of amides is 1. The van der Waals surface area contributed by atoms with Crippen LogP contribution >= 0.6 is 0 Å². The fraction of sp³-hybridized carbons (Fsp3) is 0.636. The molecule has 0 spiro atoms. The Hall–Kier alpha value is -1.84. The minimum Gasteiger partial charge on any atom is -0.398 e. The largest absolute Gasteiger partial charge is 0.398 e. The van der Waals surface area contributed by atoms with Gasteiger partial charge in [0.1, 0.15) is 0 Å². The Morgan fingerprint density at radius 2 is 1.92 bits per heavy atom. The highest BCUT2D eigenvalue weighted by Gasteiger charge is 2.42. The lowest BCUT2D eigenvalue weighted by atomic mass is 9.58. The maximum Gasteiger partial charge on any atom is 0.224 e. The molecular weight excluding hydrogens is 322 g/mol. The normalized spacial score (nSPS) is 30.7. The van der Waals surface area contributed by atoms with Crippen molar-refractivity contribution in [2.45, 2.75) is 65.7 Å². The molecule has 26 heavy (non-hydrogen) atoms. The van der Waals surface area contributed by atoms with Crippen molar-refractivity contribution < 1.29 is 4.79 Å². The molecule has 4 N–H and O–H groups in total. The van der Waals surface area contributed by atoms with E-state index in [0.29, 0.717) is 17.8 Å². The van der Waals surface area contributed by atoms with Crippen LogP contribution in [0.3, 0.4) is 0 Å². The zero-order chi connectivity index (χ0) is 18.9. The molecule has 2 aliphatic rings. The Labute approximate surface area is 157 Å². The predicted octanol–water partition coefficient (Wildman–Crippen LogP) is 5.23. The number of carbonyl (C=O) groups excluding carboxylic acids is 1. The summed E-state index contributed by atoms with van der Waals surface area (Å²) in [6.45, 7) is 6.33. The lowest BCUT2D eigenvalue weighted by molar-refractivity contribution is -0.119. The predicted molar refractivity (Wildman–Crippen MR) is 109 cm³/mol. The molecule has 2 aliphatic carbocycles. The van der Waals surface area contributed by atoms with E-state index in [2.05, 4.69) is 19.2 Å². The Kier molecular flexibility index (Phi) is 5.40. The van der Waals surface area contributed by atoms with Crippen LogP contribution in [0.4, 0.5) is 11.4 Å². The van der Waals surface area contributed by atoms with Crippen LogP contribution in [0.2, 0.25) is 0 Å². The van der Waals surface area contributed by atoms with Crippen LogP contribution in [-0.2, 0) is 4.79 Å². The van der Waals surface area contributed by atoms with Gasteiger partial charge in [0.15, 0.2) is 0 Å². The molecule has 0 aromatic heterocycles. The Morgan fingerprint density at radius 3 is 2.46 bits per heavy atom. The Morgan fingerprint density at radius 1 is 1.27 bits per heavy atom. The van der Waals surface area contributed by atoms with E-state index in [4.69, 9.17) is 11.1 Å². The van der Waals surface area contributed by atoms with Crippen molar-refractivity contribution in [2.75, 3.05) is 11.1 Å². The van der Waals surface area contributed by atoms with Crippen molar-refractivity contribution >= 4 is 23.0 Å². The van der Waals surface area contributed by atoms with E-state index >= 15 is 0 Å². The summed E-state index contributed by atoms with van der Waals surface area (Å²) >= 11 is 0. The van der Waals surface area contributed by atoms with Gasteiger partial charge in [-0.1, -0.05) is 20.3 Å². The van der Waals surface area contributed by atoms with Gasteiger partial charge in [0, 0.05) is 29.1 Å². The first-order valence-electron chi connectivity index (χ1n) is 10.0. The summed E-state index contributed by atoms with van der Waals surface area (Å²) in [5, 5.41) is 10.7. The third-order valence-corrected chi connectivity index (χ3v) is 6.47. The van der Waals surface area contributed by atoms with Gasteiger partial charge in [0.25, 0.3) is 0 Å². The van der Waals surface area contributed by atoms with Gasteiger partial charge in [-0.3, -0.25) is 4.79 Å². The summed E-state index contributed by atoms with van der Waals surface area (Å²) in [5.74, 6) is 2.58. The number of fused-ring (bicyclic) bond motifs is 2. The highest BCUT2D eigenvalue weighted by atomic mass is 16.1. The molecule has 1 aromatic rings. The van der Waals surface area contributed by atoms with Gasteiger partial charge in [0.2, 0.25) is 5.91 Å². The number of carbonyl (C=O) groups is 1. The maximum absolute atomic E-state index is 12.7. The molecule has 0 heterocycles. The molecule has 1 amide bonds. The van der Waals surface area contributed by atoms with E-state index in [-0.39, 0.29) is 11.3 Å². The number of anilines is 2. The first-order valence-corrected chi connectivity index (χ1v) is 10.0. The molecule has 4 nitrogen and oxygen atoms in total. The molecule has 2 atom stereocenters. The average Bonchev–Trinajstić information content (AvgIpc) is 2.52. The molecule has 3 rings (SSSR count). The summed E-state index contributed by atoms with van der Waals surface area (Å²) < 4.78 is 0. The fourth-order valence-corrected chi connectivity index (χ4v) is 5.57. The zero-order valence-corrected chi connectivity index (χ0v) is 16.4. The van der Waals surface area contributed by atoms with E-state index in [1.807, 2.05) is 12.1 Å². The van der Waals surface area contributed by atoms with Crippen LogP contribution in [0.15, 0.2) is 18.2 Å². The number of hydrogen-bond acceptors (Lipinski definition) is 3. The van der Waals surface area contributed by atoms with Crippen LogP contribution in [-0.4, -0.2) is 11.6 Å². The minimum absolute atomic E-state index is 0.0817. The first-order chi connectivity index (χ1) is 12.3. The fourth-order valence-electron chi connectivity index (χ4n) is 5.57. The quantitative estimate of drug-likeness (QED) is 0.499. The van der Waals surface area contributed by atoms with Crippen molar-refractivity contribution in [3.63, 3.8) is 0 Å². The number of nitrogens with two attached hydrogens (primary N) is 1. The lowest BCUT2D eigenvalue weighted by Crippen LogP contribution is -2.38. The second kappa shape index (κ2) is 7.42. The summed E-state index contributed by atoms with van der Waals surface area (Å²) in [7, 11) is 0. The average molecular weight is 356 g/mol. The van der Waals surface area contributed by atoms with E-state index in [9.17, 15) is 4.79 Å². The highest BCUT2D eigenvalue weighted by Crippen LogP contribution is 2.52. The number of benzene rings is 1. The Balaban J connectivity index is 1.61. The van der Waals surface area contributed by atoms with Crippen molar-refractivity contribution in [1.29, 1.82) is 5.41 Å². The first kappa shape index (κ1) is 18.9. The lowest BCUT2D eigenvalue weighted by Gasteiger charge is -2.47. The van der Waals surface area contributed by atoms with Gasteiger partial charge in [-0.2, -0.15) is 0 Å². The highest BCUT2D eigenvalue weighted by molar-refractivity contribution is 6.02. The molecule has 2 fully saturated rings. The van der Waals surface area contributed by atoms with E-state index in [0.717, 1.165) is 29.0 Å². The van der Waals surface area contributed by atoms with Crippen molar-refractivity contribution in [2.24, 2.45) is 23.2 Å². The van der Waals surface area contributed by atoms with Crippen molar-refractivity contribution in [1.82, 2.24) is 0 Å². The molecule has 2 saturated carbocycles. The molecule has 0 saturated heterocycles. The number of hydrogen-bond donors (Lipinski definition) is 3. The molecule has 0 aliphatic heterocycles. The maximum atomic E-state index is 12.7. The molecular formula is C22H33N3O. The monoisotopic (exact) mass is 355 g/mol. The summed E-state index contributed by atoms with van der Waals surface area (Å²) in [6, 6.07) is 5.41. The van der Waals surface area contributed by atoms with E-state index < -0.39 is 0 Å². The van der Waals surface area contributed by atoms with E-state index in [1.54, 1.807) is 13.0 Å². The molecule has 0 radical (unpaired) electrons. The topological polar surface area (TPSA) is 79.0 Å². The van der Waals surface area contributed by atoms with Gasteiger partial charge >= 0.3 is 0 Å². The molecule has 2 unspecified atom stereocenters.